The van der Waals surface area contributed by atoms with Gasteiger partial charge in [0.1, 0.15) is 5.82 Å². The van der Waals surface area contributed by atoms with E-state index < -0.39 is 5.92 Å². The van der Waals surface area contributed by atoms with Gasteiger partial charge in [-0.15, -0.1) is 10.2 Å². The van der Waals surface area contributed by atoms with E-state index in [1.165, 1.54) is 23.1 Å². The van der Waals surface area contributed by atoms with Gasteiger partial charge >= 0.3 is 0 Å². The molecule has 1 unspecified atom stereocenters. The highest BCUT2D eigenvalue weighted by atomic mass is 35.5. The van der Waals surface area contributed by atoms with Gasteiger partial charge in [0, 0.05) is 28.4 Å². The lowest BCUT2D eigenvalue weighted by molar-refractivity contribution is -0.116. The fraction of sp³-hybridized carbons (Fsp3) is 0.192. The van der Waals surface area contributed by atoms with E-state index in [1.807, 2.05) is 42.5 Å². The Kier molecular flexibility index (Phi) is 7.28. The molecular weight excluding hydrogens is 528 g/mol. The number of Topliss-reactive ketones (excluding diaryl/α,β-unsaturated/α-hetero) is 1. The van der Waals surface area contributed by atoms with E-state index >= 15 is 0 Å². The third-order valence-electron chi connectivity index (χ3n) is 6.10. The molecule has 186 valence electrons. The summed E-state index contributed by atoms with van der Waals surface area (Å²) in [6, 6.07) is 18.6. The number of thioether (sulfide) groups is 1. The summed E-state index contributed by atoms with van der Waals surface area (Å²) in [6.07, 6.45) is 1.65. The maximum absolute atomic E-state index is 13.2. The number of hydrogen-bond donors (Lipinski definition) is 2. The first-order valence-corrected chi connectivity index (χ1v) is 13.7. The van der Waals surface area contributed by atoms with Crippen LogP contribution in [0.3, 0.4) is 0 Å². The summed E-state index contributed by atoms with van der Waals surface area (Å²) in [5.41, 5.74) is 9.45. The summed E-state index contributed by atoms with van der Waals surface area (Å²) >= 11 is 9.00. The van der Waals surface area contributed by atoms with Crippen molar-refractivity contribution < 1.29 is 9.59 Å². The zero-order chi connectivity index (χ0) is 25.9. The van der Waals surface area contributed by atoms with Gasteiger partial charge in [0.2, 0.25) is 11.0 Å². The smallest absolute Gasteiger partial charge is 0.234 e. The molecule has 1 aliphatic heterocycles. The van der Waals surface area contributed by atoms with Crippen molar-refractivity contribution in [3.05, 3.63) is 87.8 Å². The summed E-state index contributed by atoms with van der Waals surface area (Å²) in [5, 5.41) is 22.4. The Morgan fingerprint density at radius 1 is 1.19 bits per heavy atom. The molecule has 5 rings (SSSR count). The largest absolute Gasteiger partial charge is 0.384 e. The van der Waals surface area contributed by atoms with Crippen LogP contribution < -0.4 is 16.0 Å². The standard InChI is InChI=1S/C26H21ClN6O2S2/c27-18-10-5-4-9-16(18)22-17(13-28)24(29)33(19-11-6-12-20(34)23(19)22)25-31-32-26(37-25)36-14-21(35)30-15-7-2-1-3-8-15/h1-5,7-10,22H,6,11-12,14,29H2,(H,30,35). The zero-order valence-corrected chi connectivity index (χ0v) is 21.9. The van der Waals surface area contributed by atoms with E-state index in [0.717, 1.165) is 5.69 Å². The van der Waals surface area contributed by atoms with E-state index in [9.17, 15) is 14.9 Å². The lowest BCUT2D eigenvalue weighted by Crippen LogP contribution is -2.38. The number of nitriles is 1. The molecule has 1 amide bonds. The van der Waals surface area contributed by atoms with E-state index in [2.05, 4.69) is 21.6 Å². The van der Waals surface area contributed by atoms with E-state index in [0.29, 0.717) is 50.6 Å². The Morgan fingerprint density at radius 3 is 2.70 bits per heavy atom. The van der Waals surface area contributed by atoms with Crippen molar-refractivity contribution in [2.45, 2.75) is 29.5 Å². The van der Waals surface area contributed by atoms with Gasteiger partial charge in [-0.1, -0.05) is 71.1 Å². The average Bonchev–Trinajstić information content (AvgIpc) is 3.36. The average molecular weight is 549 g/mol. The van der Waals surface area contributed by atoms with Crippen molar-refractivity contribution in [2.75, 3.05) is 16.0 Å². The third-order valence-corrected chi connectivity index (χ3v) is 8.49. The van der Waals surface area contributed by atoms with Gasteiger partial charge in [-0.05, 0) is 36.6 Å². The quantitative estimate of drug-likeness (QED) is 0.401. The molecule has 0 saturated heterocycles. The molecule has 0 spiro atoms. The van der Waals surface area contributed by atoms with Gasteiger partial charge < -0.3 is 11.1 Å². The number of nitrogens with zero attached hydrogens (tertiary/aromatic N) is 4. The first-order chi connectivity index (χ1) is 18.0. The Labute approximate surface area is 226 Å². The van der Waals surface area contributed by atoms with Gasteiger partial charge in [-0.3, -0.25) is 14.5 Å². The number of allylic oxidation sites excluding steroid dienone is 3. The number of anilines is 2. The highest BCUT2D eigenvalue weighted by Crippen LogP contribution is 2.48. The highest BCUT2D eigenvalue weighted by Gasteiger charge is 2.41. The van der Waals surface area contributed by atoms with Crippen LogP contribution in [0.15, 0.2) is 81.6 Å². The molecule has 3 N–H and O–H groups in total. The number of benzene rings is 2. The van der Waals surface area contributed by atoms with Crippen LogP contribution in [0.4, 0.5) is 10.8 Å². The summed E-state index contributed by atoms with van der Waals surface area (Å²) < 4.78 is 0.571. The third kappa shape index (κ3) is 4.98. The van der Waals surface area contributed by atoms with Crippen molar-refractivity contribution >= 4 is 57.2 Å². The number of nitrogens with two attached hydrogens (primary N) is 1. The van der Waals surface area contributed by atoms with Gasteiger partial charge in [0.05, 0.1) is 23.3 Å². The molecule has 1 atom stereocenters. The molecule has 0 fully saturated rings. The van der Waals surface area contributed by atoms with Crippen LogP contribution in [0.5, 0.6) is 0 Å². The molecule has 8 nitrogen and oxygen atoms in total. The van der Waals surface area contributed by atoms with Crippen molar-refractivity contribution in [3.8, 4) is 6.07 Å². The van der Waals surface area contributed by atoms with Crippen molar-refractivity contribution in [2.24, 2.45) is 5.73 Å². The predicted octanol–water partition coefficient (Wildman–Crippen LogP) is 5.23. The number of amides is 1. The number of rotatable bonds is 6. The number of hydrogen-bond acceptors (Lipinski definition) is 9. The van der Waals surface area contributed by atoms with Crippen LogP contribution in [0.1, 0.15) is 30.7 Å². The first-order valence-electron chi connectivity index (χ1n) is 11.5. The summed E-state index contributed by atoms with van der Waals surface area (Å²) in [5.74, 6) is -0.480. The predicted molar refractivity (Wildman–Crippen MR) is 145 cm³/mol. The minimum absolute atomic E-state index is 0.0342. The number of carbonyl (C=O) groups excluding carboxylic acids is 2. The van der Waals surface area contributed by atoms with Crippen molar-refractivity contribution in [3.63, 3.8) is 0 Å². The highest BCUT2D eigenvalue weighted by molar-refractivity contribution is 8.01. The number of ketones is 1. The second-order valence-corrected chi connectivity index (χ2v) is 11.0. The summed E-state index contributed by atoms with van der Waals surface area (Å²) in [6.45, 7) is 0. The van der Waals surface area contributed by atoms with Crippen LogP contribution in [0.2, 0.25) is 5.02 Å². The van der Waals surface area contributed by atoms with Crippen LogP contribution in [0.25, 0.3) is 0 Å². The second-order valence-electron chi connectivity index (χ2n) is 8.39. The van der Waals surface area contributed by atoms with E-state index in [-0.39, 0.29) is 28.8 Å². The fourth-order valence-electron chi connectivity index (χ4n) is 4.52. The summed E-state index contributed by atoms with van der Waals surface area (Å²) in [4.78, 5) is 27.2. The molecule has 2 heterocycles. The van der Waals surface area contributed by atoms with E-state index in [4.69, 9.17) is 17.3 Å². The van der Waals surface area contributed by atoms with Crippen molar-refractivity contribution in [1.29, 1.82) is 5.26 Å². The Bertz CT molecular complexity index is 1480. The number of halogens is 1. The molecule has 1 aromatic heterocycles. The molecule has 0 radical (unpaired) electrons. The molecule has 1 aliphatic carbocycles. The first kappa shape index (κ1) is 25.0. The maximum atomic E-state index is 13.2. The number of nitrogens with one attached hydrogen (secondary N) is 1. The number of aromatic nitrogens is 2. The Balaban J connectivity index is 1.45. The molecular formula is C26H21ClN6O2S2. The molecule has 3 aromatic rings. The minimum Gasteiger partial charge on any atom is -0.384 e. The zero-order valence-electron chi connectivity index (χ0n) is 19.5. The molecule has 37 heavy (non-hydrogen) atoms. The molecule has 0 saturated carbocycles. The SMILES string of the molecule is N#CC1=C(N)N(c2nnc(SCC(=O)Nc3ccccc3)s2)C2=C(C(=O)CCC2)C1c1ccccc1Cl. The minimum atomic E-state index is -0.638. The molecule has 2 aromatic carbocycles. The van der Waals surface area contributed by atoms with Crippen LogP contribution in [-0.2, 0) is 9.59 Å². The van der Waals surface area contributed by atoms with Gasteiger partial charge in [-0.25, -0.2) is 0 Å². The summed E-state index contributed by atoms with van der Waals surface area (Å²) in [7, 11) is 0. The fourth-order valence-corrected chi connectivity index (χ4v) is 6.45. The normalized spacial score (nSPS) is 17.5. The van der Waals surface area contributed by atoms with E-state index in [1.54, 1.807) is 17.0 Å². The lowest BCUT2D eigenvalue weighted by atomic mass is 9.76. The second kappa shape index (κ2) is 10.8. The number of para-hydroxylation sites is 1. The van der Waals surface area contributed by atoms with Crippen LogP contribution >= 0.6 is 34.7 Å². The number of carbonyl (C=O) groups is 2. The van der Waals surface area contributed by atoms with Crippen LogP contribution in [0, 0.1) is 11.3 Å². The molecule has 0 bridgehead atoms. The van der Waals surface area contributed by atoms with Gasteiger partial charge in [0.15, 0.2) is 10.1 Å². The maximum Gasteiger partial charge on any atom is 0.234 e. The topological polar surface area (TPSA) is 125 Å². The Hall–Kier alpha value is -3.65. The molecule has 11 heteroatoms. The van der Waals surface area contributed by atoms with Crippen LogP contribution in [-0.4, -0.2) is 27.6 Å². The van der Waals surface area contributed by atoms with Gasteiger partial charge in [-0.2, -0.15) is 5.26 Å². The Morgan fingerprint density at radius 2 is 1.95 bits per heavy atom. The monoisotopic (exact) mass is 548 g/mol. The van der Waals surface area contributed by atoms with Crippen molar-refractivity contribution in [1.82, 2.24) is 10.2 Å². The lowest BCUT2D eigenvalue weighted by Gasteiger charge is -2.38. The molecule has 2 aliphatic rings. The van der Waals surface area contributed by atoms with Gasteiger partial charge in [0.25, 0.3) is 0 Å².